The van der Waals surface area contributed by atoms with Crippen molar-refractivity contribution in [2.24, 2.45) is 0 Å². The van der Waals surface area contributed by atoms with E-state index in [1.807, 2.05) is 18.2 Å². The zero-order valence-corrected chi connectivity index (χ0v) is 21.9. The van der Waals surface area contributed by atoms with E-state index in [-0.39, 0.29) is 31.2 Å². The Balaban J connectivity index is 1.42. The van der Waals surface area contributed by atoms with Gasteiger partial charge in [0.2, 0.25) is 0 Å². The van der Waals surface area contributed by atoms with Gasteiger partial charge in [-0.3, -0.25) is 28.8 Å². The maximum Gasteiger partial charge on any atom is 0.332 e. The van der Waals surface area contributed by atoms with Crippen LogP contribution in [0.4, 0.5) is 5.69 Å². The Bertz CT molecular complexity index is 1860. The number of halogens is 1. The van der Waals surface area contributed by atoms with Crippen LogP contribution in [-0.2, 0) is 19.6 Å². The van der Waals surface area contributed by atoms with E-state index in [4.69, 9.17) is 11.6 Å². The summed E-state index contributed by atoms with van der Waals surface area (Å²) in [6.07, 6.45) is 0. The fraction of sp³-hybridized carbons (Fsp3) is 0.100. The smallest absolute Gasteiger partial charge is 0.332 e. The molecule has 0 spiro atoms. The highest BCUT2D eigenvalue weighted by Crippen LogP contribution is 2.17. The van der Waals surface area contributed by atoms with E-state index in [1.54, 1.807) is 66.7 Å². The minimum absolute atomic E-state index is 0.0149. The number of nitro groups is 1. The second kappa shape index (κ2) is 11.4. The number of nitrogens with one attached hydrogen (secondary N) is 1. The van der Waals surface area contributed by atoms with Crippen LogP contribution in [0.5, 0.6) is 0 Å². The first-order valence-corrected chi connectivity index (χ1v) is 12.8. The molecule has 5 rings (SSSR count). The molecule has 1 aromatic heterocycles. The van der Waals surface area contributed by atoms with Gasteiger partial charge in [0.1, 0.15) is 0 Å². The lowest BCUT2D eigenvalue weighted by atomic mass is 10.1. The fourth-order valence-corrected chi connectivity index (χ4v) is 4.68. The molecule has 1 amide bonds. The van der Waals surface area contributed by atoms with Gasteiger partial charge < -0.3 is 5.32 Å². The van der Waals surface area contributed by atoms with Crippen LogP contribution < -0.4 is 16.6 Å². The number of para-hydroxylation sites is 1. The van der Waals surface area contributed by atoms with Crippen molar-refractivity contribution in [1.29, 1.82) is 0 Å². The number of non-ortho nitro benzene ring substituents is 1. The summed E-state index contributed by atoms with van der Waals surface area (Å²) in [5, 5.41) is 15.0. The number of carbonyl (C=O) groups is 1. The molecule has 0 saturated heterocycles. The van der Waals surface area contributed by atoms with E-state index in [0.717, 1.165) is 10.1 Å². The van der Waals surface area contributed by atoms with Gasteiger partial charge in [-0.1, -0.05) is 66.2 Å². The first-order chi connectivity index (χ1) is 19.3. The highest BCUT2D eigenvalue weighted by Gasteiger charge is 2.15. The maximum atomic E-state index is 13.6. The minimum Gasteiger partial charge on any atom is -0.348 e. The standard InChI is InChI=1S/C30H23ClN4O5/c31-26-10-3-1-7-23(26)17-32-28(36)22-14-12-20(13-15-22)18-34-29(37)25-9-2-4-11-27(25)33(30(34)38)19-21-6-5-8-24(16-21)35(39)40/h1-16H,17-19H2,(H,32,36). The first-order valence-electron chi connectivity index (χ1n) is 12.4. The van der Waals surface area contributed by atoms with E-state index in [9.17, 15) is 24.5 Å². The molecule has 0 saturated carbocycles. The summed E-state index contributed by atoms with van der Waals surface area (Å²) in [5.41, 5.74) is 1.79. The molecule has 0 unspecified atom stereocenters. The van der Waals surface area contributed by atoms with Crippen molar-refractivity contribution < 1.29 is 9.72 Å². The molecule has 10 heteroatoms. The van der Waals surface area contributed by atoms with Crippen LogP contribution in [-0.4, -0.2) is 20.0 Å². The molecule has 1 N–H and O–H groups in total. The third kappa shape index (κ3) is 5.55. The van der Waals surface area contributed by atoms with Crippen molar-refractivity contribution in [1.82, 2.24) is 14.5 Å². The van der Waals surface area contributed by atoms with E-state index >= 15 is 0 Å². The molecule has 0 aliphatic heterocycles. The van der Waals surface area contributed by atoms with Crippen molar-refractivity contribution in [3.05, 3.63) is 155 Å². The van der Waals surface area contributed by atoms with E-state index in [2.05, 4.69) is 5.32 Å². The number of fused-ring (bicyclic) bond motifs is 1. The minimum atomic E-state index is -0.545. The van der Waals surface area contributed by atoms with Crippen LogP contribution in [0.25, 0.3) is 10.9 Å². The average Bonchev–Trinajstić information content (AvgIpc) is 2.97. The molecule has 40 heavy (non-hydrogen) atoms. The zero-order chi connectivity index (χ0) is 28.2. The van der Waals surface area contributed by atoms with E-state index in [0.29, 0.717) is 32.6 Å². The number of hydrogen-bond donors (Lipinski definition) is 1. The predicted molar refractivity (Wildman–Crippen MR) is 153 cm³/mol. The summed E-state index contributed by atoms with van der Waals surface area (Å²) in [4.78, 5) is 50.2. The number of aromatic nitrogens is 2. The summed E-state index contributed by atoms with van der Waals surface area (Å²) >= 11 is 6.16. The molecular formula is C30H23ClN4O5. The summed E-state index contributed by atoms with van der Waals surface area (Å²) in [6.45, 7) is 0.307. The zero-order valence-electron chi connectivity index (χ0n) is 21.1. The predicted octanol–water partition coefficient (Wildman–Crippen LogP) is 4.75. The second-order valence-corrected chi connectivity index (χ2v) is 9.58. The van der Waals surface area contributed by atoms with Crippen molar-refractivity contribution >= 4 is 34.1 Å². The Hall–Kier alpha value is -5.02. The van der Waals surface area contributed by atoms with Crippen LogP contribution in [0.1, 0.15) is 27.0 Å². The summed E-state index contributed by atoms with van der Waals surface area (Å²) in [7, 11) is 0. The second-order valence-electron chi connectivity index (χ2n) is 9.18. The molecule has 5 aromatic rings. The number of hydrogen-bond acceptors (Lipinski definition) is 5. The summed E-state index contributed by atoms with van der Waals surface area (Å²) < 4.78 is 2.57. The average molecular weight is 555 g/mol. The van der Waals surface area contributed by atoms with Crippen molar-refractivity contribution in [2.45, 2.75) is 19.6 Å². The monoisotopic (exact) mass is 554 g/mol. The van der Waals surface area contributed by atoms with Gasteiger partial charge in [0.05, 0.1) is 28.9 Å². The van der Waals surface area contributed by atoms with Crippen LogP contribution in [0.2, 0.25) is 5.02 Å². The summed E-state index contributed by atoms with van der Waals surface area (Å²) in [5.74, 6) is -0.284. The SMILES string of the molecule is O=C(NCc1ccccc1Cl)c1ccc(Cn2c(=O)c3ccccc3n(Cc3cccc([N+](=O)[O-])c3)c2=O)cc1. The summed E-state index contributed by atoms with van der Waals surface area (Å²) in [6, 6.07) is 26.7. The van der Waals surface area contributed by atoms with Gasteiger partial charge in [-0.2, -0.15) is 0 Å². The van der Waals surface area contributed by atoms with Gasteiger partial charge in [0.15, 0.2) is 0 Å². The van der Waals surface area contributed by atoms with Gasteiger partial charge in [-0.25, -0.2) is 4.79 Å². The van der Waals surface area contributed by atoms with Gasteiger partial charge in [-0.05, 0) is 47.0 Å². The largest absolute Gasteiger partial charge is 0.348 e. The molecule has 0 aliphatic carbocycles. The van der Waals surface area contributed by atoms with Crippen LogP contribution in [0.3, 0.4) is 0 Å². The molecule has 0 aliphatic rings. The molecule has 200 valence electrons. The fourth-order valence-electron chi connectivity index (χ4n) is 4.48. The molecule has 0 fully saturated rings. The number of nitro benzene ring substituents is 1. The molecule has 0 atom stereocenters. The topological polar surface area (TPSA) is 116 Å². The molecule has 0 radical (unpaired) electrons. The third-order valence-electron chi connectivity index (χ3n) is 6.55. The Labute approximate surface area is 233 Å². The Kier molecular flexibility index (Phi) is 7.56. The Morgan fingerprint density at radius 2 is 1.52 bits per heavy atom. The number of nitrogens with zero attached hydrogens (tertiary/aromatic N) is 3. The maximum absolute atomic E-state index is 13.6. The quantitative estimate of drug-likeness (QED) is 0.219. The van der Waals surface area contributed by atoms with E-state index in [1.165, 1.54) is 16.7 Å². The van der Waals surface area contributed by atoms with Crippen molar-refractivity contribution in [3.63, 3.8) is 0 Å². The van der Waals surface area contributed by atoms with Gasteiger partial charge in [-0.15, -0.1) is 0 Å². The van der Waals surface area contributed by atoms with Gasteiger partial charge in [0.25, 0.3) is 17.2 Å². The van der Waals surface area contributed by atoms with Crippen molar-refractivity contribution in [2.75, 3.05) is 0 Å². The van der Waals surface area contributed by atoms with E-state index < -0.39 is 16.2 Å². The molecular weight excluding hydrogens is 532 g/mol. The lowest BCUT2D eigenvalue weighted by Crippen LogP contribution is -2.40. The normalized spacial score (nSPS) is 10.9. The molecule has 1 heterocycles. The third-order valence-corrected chi connectivity index (χ3v) is 6.92. The van der Waals surface area contributed by atoms with Gasteiger partial charge in [0, 0.05) is 29.3 Å². The highest BCUT2D eigenvalue weighted by atomic mass is 35.5. The lowest BCUT2D eigenvalue weighted by Gasteiger charge is -2.14. The van der Waals surface area contributed by atoms with Crippen LogP contribution in [0, 0.1) is 10.1 Å². The molecule has 4 aromatic carbocycles. The van der Waals surface area contributed by atoms with Crippen molar-refractivity contribution in [3.8, 4) is 0 Å². The van der Waals surface area contributed by atoms with Crippen LogP contribution >= 0.6 is 11.6 Å². The van der Waals surface area contributed by atoms with Crippen LogP contribution in [0.15, 0.2) is 107 Å². The number of amides is 1. The molecule has 0 bridgehead atoms. The molecule has 9 nitrogen and oxygen atoms in total. The first kappa shape index (κ1) is 26.6. The lowest BCUT2D eigenvalue weighted by molar-refractivity contribution is -0.384. The number of carbonyl (C=O) groups excluding carboxylic acids is 1. The number of rotatable bonds is 8. The Morgan fingerprint density at radius 3 is 2.27 bits per heavy atom. The van der Waals surface area contributed by atoms with Gasteiger partial charge >= 0.3 is 5.69 Å². The highest BCUT2D eigenvalue weighted by molar-refractivity contribution is 6.31. The number of benzene rings is 4. The Morgan fingerprint density at radius 1 is 0.825 bits per heavy atom.